The molecule has 0 bridgehead atoms. The Bertz CT molecular complexity index is 963. The summed E-state index contributed by atoms with van der Waals surface area (Å²) in [6, 6.07) is 15.4. The van der Waals surface area contributed by atoms with Gasteiger partial charge in [-0.2, -0.15) is 0 Å². The van der Waals surface area contributed by atoms with Crippen LogP contribution in [0.4, 0.5) is 0 Å². The maximum atomic E-state index is 12.4. The van der Waals surface area contributed by atoms with Crippen molar-refractivity contribution in [2.75, 3.05) is 40.5 Å². The van der Waals surface area contributed by atoms with Crippen LogP contribution in [0.1, 0.15) is 17.5 Å². The molecule has 3 rings (SSSR count). The molecule has 176 valence electrons. The van der Waals surface area contributed by atoms with Crippen LogP contribution in [-0.2, 0) is 32.0 Å². The molecule has 0 aromatic heterocycles. The van der Waals surface area contributed by atoms with E-state index >= 15 is 0 Å². The number of benzene rings is 2. The summed E-state index contributed by atoms with van der Waals surface area (Å²) in [5.41, 5.74) is 2.12. The highest BCUT2D eigenvalue weighted by Gasteiger charge is 2.35. The van der Waals surface area contributed by atoms with Gasteiger partial charge in [0.15, 0.2) is 18.1 Å². The first-order valence-electron chi connectivity index (χ1n) is 11.0. The number of ether oxygens (including phenoxy) is 3. The summed E-state index contributed by atoms with van der Waals surface area (Å²) in [6.45, 7) is 0.898. The summed E-state index contributed by atoms with van der Waals surface area (Å²) in [5.74, 6) is -0.245. The number of rotatable bonds is 11. The Balaban J connectivity index is 1.39. The van der Waals surface area contributed by atoms with Gasteiger partial charge in [0, 0.05) is 26.1 Å². The number of likely N-dealkylation sites (tertiary alicyclic amines) is 1. The topological polar surface area (TPSA) is 94.2 Å². The number of methoxy groups -OCH3 is 2. The van der Waals surface area contributed by atoms with Gasteiger partial charge in [-0.3, -0.25) is 14.4 Å². The third-order valence-corrected chi connectivity index (χ3v) is 5.59. The smallest absolute Gasteiger partial charge is 0.311 e. The molecule has 0 aliphatic carbocycles. The number of amides is 2. The molecule has 1 aliphatic rings. The van der Waals surface area contributed by atoms with Crippen molar-refractivity contribution in [2.24, 2.45) is 5.92 Å². The van der Waals surface area contributed by atoms with E-state index in [0.717, 1.165) is 11.1 Å². The maximum Gasteiger partial charge on any atom is 0.311 e. The zero-order valence-corrected chi connectivity index (χ0v) is 19.0. The molecular weight excluding hydrogens is 424 g/mol. The van der Waals surface area contributed by atoms with Crippen molar-refractivity contribution in [3.05, 3.63) is 59.7 Å². The van der Waals surface area contributed by atoms with Gasteiger partial charge in [-0.25, -0.2) is 0 Å². The average Bonchev–Trinajstić information content (AvgIpc) is 3.22. The molecule has 2 aromatic carbocycles. The molecule has 0 spiro atoms. The van der Waals surface area contributed by atoms with E-state index in [1.165, 1.54) is 0 Å². The Morgan fingerprint density at radius 2 is 1.76 bits per heavy atom. The highest BCUT2D eigenvalue weighted by molar-refractivity contribution is 5.88. The fourth-order valence-electron chi connectivity index (χ4n) is 3.74. The second-order valence-electron chi connectivity index (χ2n) is 7.87. The number of carbonyl (C=O) groups excluding carboxylic acids is 3. The number of hydrogen-bond acceptors (Lipinski definition) is 6. The van der Waals surface area contributed by atoms with E-state index in [9.17, 15) is 14.4 Å². The van der Waals surface area contributed by atoms with Crippen LogP contribution in [0, 0.1) is 5.92 Å². The molecule has 8 heteroatoms. The van der Waals surface area contributed by atoms with E-state index in [1.807, 2.05) is 48.5 Å². The van der Waals surface area contributed by atoms with Gasteiger partial charge in [0.05, 0.1) is 20.1 Å². The summed E-state index contributed by atoms with van der Waals surface area (Å²) in [6.07, 6.45) is 1.42. The van der Waals surface area contributed by atoms with Crippen molar-refractivity contribution < 1.29 is 28.6 Å². The molecule has 0 radical (unpaired) electrons. The minimum Gasteiger partial charge on any atom is -0.493 e. The standard InChI is InChI=1S/C25H30N2O6/c1-31-21-9-8-19(14-22(21)32-2)11-13-27-16-20(15-24(27)29)25(30)33-17-23(28)26-12-10-18-6-4-3-5-7-18/h3-9,14,20H,10-13,15-17H2,1-2H3,(H,26,28)/t20-/m0/s1. The van der Waals surface area contributed by atoms with Gasteiger partial charge < -0.3 is 24.4 Å². The van der Waals surface area contributed by atoms with Crippen molar-refractivity contribution >= 4 is 17.8 Å². The first-order valence-corrected chi connectivity index (χ1v) is 11.0. The molecule has 0 saturated carbocycles. The van der Waals surface area contributed by atoms with Crippen molar-refractivity contribution in [3.8, 4) is 11.5 Å². The molecule has 1 fully saturated rings. The highest BCUT2D eigenvalue weighted by atomic mass is 16.5. The maximum absolute atomic E-state index is 12.4. The number of nitrogens with one attached hydrogen (secondary N) is 1. The summed E-state index contributed by atoms with van der Waals surface area (Å²) in [7, 11) is 3.15. The predicted molar refractivity (Wildman–Crippen MR) is 122 cm³/mol. The van der Waals surface area contributed by atoms with Gasteiger partial charge >= 0.3 is 5.97 Å². The normalized spacial score (nSPS) is 15.3. The lowest BCUT2D eigenvalue weighted by molar-refractivity contribution is -0.152. The van der Waals surface area contributed by atoms with E-state index in [1.54, 1.807) is 19.1 Å². The average molecular weight is 455 g/mol. The van der Waals surface area contributed by atoms with Crippen LogP contribution >= 0.6 is 0 Å². The van der Waals surface area contributed by atoms with Gasteiger partial charge in [0.2, 0.25) is 5.91 Å². The summed E-state index contributed by atoms with van der Waals surface area (Å²) < 4.78 is 15.7. The fourth-order valence-corrected chi connectivity index (χ4v) is 3.74. The van der Waals surface area contributed by atoms with Gasteiger partial charge in [0.25, 0.3) is 5.91 Å². The lowest BCUT2D eigenvalue weighted by atomic mass is 10.1. The zero-order chi connectivity index (χ0) is 23.6. The Morgan fingerprint density at radius 1 is 1.00 bits per heavy atom. The molecule has 1 saturated heterocycles. The Kier molecular flexibility index (Phi) is 8.69. The number of carbonyl (C=O) groups is 3. The summed E-state index contributed by atoms with van der Waals surface area (Å²) >= 11 is 0. The summed E-state index contributed by atoms with van der Waals surface area (Å²) in [5, 5.41) is 2.74. The first kappa shape index (κ1) is 24.1. The minimum absolute atomic E-state index is 0.0928. The van der Waals surface area contributed by atoms with E-state index in [4.69, 9.17) is 14.2 Å². The van der Waals surface area contributed by atoms with E-state index < -0.39 is 11.9 Å². The number of esters is 1. The van der Waals surface area contributed by atoms with E-state index in [0.29, 0.717) is 44.0 Å². The second-order valence-corrected chi connectivity index (χ2v) is 7.87. The van der Waals surface area contributed by atoms with Crippen molar-refractivity contribution in [1.82, 2.24) is 10.2 Å². The van der Waals surface area contributed by atoms with Crippen LogP contribution in [0.25, 0.3) is 0 Å². The lowest BCUT2D eigenvalue weighted by Crippen LogP contribution is -2.32. The molecule has 1 N–H and O–H groups in total. The summed E-state index contributed by atoms with van der Waals surface area (Å²) in [4.78, 5) is 38.3. The van der Waals surface area contributed by atoms with Gasteiger partial charge in [0.1, 0.15) is 0 Å². The van der Waals surface area contributed by atoms with Gasteiger partial charge in [-0.1, -0.05) is 36.4 Å². The van der Waals surface area contributed by atoms with Gasteiger partial charge in [-0.05, 0) is 36.1 Å². The van der Waals surface area contributed by atoms with Crippen molar-refractivity contribution in [3.63, 3.8) is 0 Å². The molecule has 2 aromatic rings. The number of hydrogen-bond donors (Lipinski definition) is 1. The first-order chi connectivity index (χ1) is 16.0. The highest BCUT2D eigenvalue weighted by Crippen LogP contribution is 2.28. The fraction of sp³-hybridized carbons (Fsp3) is 0.400. The quantitative estimate of drug-likeness (QED) is 0.522. The monoisotopic (exact) mass is 454 g/mol. The van der Waals surface area contributed by atoms with E-state index in [-0.39, 0.29) is 24.8 Å². The SMILES string of the molecule is COc1ccc(CCN2C[C@@H](C(=O)OCC(=O)NCCc3ccccc3)CC2=O)cc1OC. The predicted octanol–water partition coefficient (Wildman–Crippen LogP) is 2.00. The van der Waals surface area contributed by atoms with Crippen LogP contribution in [0.5, 0.6) is 11.5 Å². The van der Waals surface area contributed by atoms with Crippen LogP contribution in [0.3, 0.4) is 0 Å². The Hall–Kier alpha value is -3.55. The number of nitrogens with zero attached hydrogens (tertiary/aromatic N) is 1. The van der Waals surface area contributed by atoms with Crippen LogP contribution in [0.15, 0.2) is 48.5 Å². The van der Waals surface area contributed by atoms with Crippen LogP contribution < -0.4 is 14.8 Å². The molecule has 1 aliphatic heterocycles. The minimum atomic E-state index is -0.556. The second kappa shape index (κ2) is 11.9. The van der Waals surface area contributed by atoms with Gasteiger partial charge in [-0.15, -0.1) is 0 Å². The third kappa shape index (κ3) is 6.97. The lowest BCUT2D eigenvalue weighted by Gasteiger charge is -2.17. The molecule has 1 heterocycles. The van der Waals surface area contributed by atoms with Crippen molar-refractivity contribution in [1.29, 1.82) is 0 Å². The third-order valence-electron chi connectivity index (χ3n) is 5.59. The van der Waals surface area contributed by atoms with Crippen molar-refractivity contribution in [2.45, 2.75) is 19.3 Å². The van der Waals surface area contributed by atoms with Crippen LogP contribution in [-0.4, -0.2) is 63.1 Å². The Morgan fingerprint density at radius 3 is 2.48 bits per heavy atom. The largest absolute Gasteiger partial charge is 0.493 e. The van der Waals surface area contributed by atoms with E-state index in [2.05, 4.69) is 5.32 Å². The molecule has 33 heavy (non-hydrogen) atoms. The molecule has 0 unspecified atom stereocenters. The Labute approximate surface area is 193 Å². The van der Waals surface area contributed by atoms with Crippen LogP contribution in [0.2, 0.25) is 0 Å². The molecular formula is C25H30N2O6. The molecule has 8 nitrogen and oxygen atoms in total. The zero-order valence-electron chi connectivity index (χ0n) is 19.0. The molecule has 2 amide bonds. The molecule has 1 atom stereocenters.